The van der Waals surface area contributed by atoms with Gasteiger partial charge >= 0.3 is 17.9 Å². The van der Waals surface area contributed by atoms with Gasteiger partial charge in [0.25, 0.3) is 0 Å². The van der Waals surface area contributed by atoms with Gasteiger partial charge in [0.05, 0.1) is 0 Å². The van der Waals surface area contributed by atoms with E-state index in [1.165, 1.54) is 250 Å². The van der Waals surface area contributed by atoms with E-state index in [9.17, 15) is 14.4 Å². The van der Waals surface area contributed by atoms with Crippen molar-refractivity contribution in [3.8, 4) is 0 Å². The monoisotopic (exact) mass is 1090 g/mol. The Morgan fingerprint density at radius 2 is 0.500 bits per heavy atom. The van der Waals surface area contributed by atoms with Crippen molar-refractivity contribution in [2.45, 2.75) is 380 Å². The molecule has 0 aromatic heterocycles. The van der Waals surface area contributed by atoms with Gasteiger partial charge in [-0.15, -0.1) is 0 Å². The molecule has 0 saturated carbocycles. The SMILES string of the molecule is CC/C=C\C/C=C\C/C=C\C/C=C\CCCCCCCCCCCCCCCCC(=O)OCC(COC(=O)CCCCCCCCCCCCCCCCC)OC(=O)CCCCCCCCCCCCCCCCCCCC. The molecule has 0 fully saturated rings. The molecule has 0 N–H and O–H groups in total. The maximum absolute atomic E-state index is 12.9. The number of hydrogen-bond donors (Lipinski definition) is 0. The maximum Gasteiger partial charge on any atom is 0.306 e. The molecule has 0 bridgehead atoms. The zero-order valence-electron chi connectivity index (χ0n) is 52.5. The van der Waals surface area contributed by atoms with Gasteiger partial charge in [0, 0.05) is 19.3 Å². The number of carbonyl (C=O) groups excluding carboxylic acids is 3. The smallest absolute Gasteiger partial charge is 0.306 e. The van der Waals surface area contributed by atoms with Crippen LogP contribution in [0.25, 0.3) is 0 Å². The molecule has 6 nitrogen and oxygen atoms in total. The van der Waals surface area contributed by atoms with E-state index >= 15 is 0 Å². The van der Waals surface area contributed by atoms with Crippen LogP contribution in [-0.2, 0) is 28.6 Å². The molecule has 0 aliphatic heterocycles. The van der Waals surface area contributed by atoms with Crippen molar-refractivity contribution >= 4 is 17.9 Å². The Balaban J connectivity index is 4.24. The second-order valence-corrected chi connectivity index (χ2v) is 23.4. The molecule has 0 rings (SSSR count). The van der Waals surface area contributed by atoms with Gasteiger partial charge in [-0.1, -0.05) is 345 Å². The first-order valence-corrected chi connectivity index (χ1v) is 34.6. The summed E-state index contributed by atoms with van der Waals surface area (Å²) in [5.74, 6) is -0.837. The molecule has 0 aromatic carbocycles. The molecule has 0 amide bonds. The zero-order chi connectivity index (χ0) is 56.4. The summed E-state index contributed by atoms with van der Waals surface area (Å²) >= 11 is 0. The van der Waals surface area contributed by atoms with Crippen molar-refractivity contribution in [3.05, 3.63) is 48.6 Å². The predicted octanol–water partition coefficient (Wildman–Crippen LogP) is 23.7. The molecule has 0 heterocycles. The Hall–Kier alpha value is -2.63. The highest BCUT2D eigenvalue weighted by molar-refractivity contribution is 5.71. The molecule has 0 saturated heterocycles. The average molecular weight is 1090 g/mol. The summed E-state index contributed by atoms with van der Waals surface area (Å²) in [5, 5.41) is 0. The van der Waals surface area contributed by atoms with E-state index in [4.69, 9.17) is 14.2 Å². The first kappa shape index (κ1) is 75.4. The highest BCUT2D eigenvalue weighted by Crippen LogP contribution is 2.18. The van der Waals surface area contributed by atoms with Gasteiger partial charge in [-0.05, 0) is 57.8 Å². The first-order chi connectivity index (χ1) is 38.5. The highest BCUT2D eigenvalue weighted by Gasteiger charge is 2.19. The molecule has 78 heavy (non-hydrogen) atoms. The molecule has 6 heteroatoms. The third-order valence-corrected chi connectivity index (χ3v) is 15.6. The zero-order valence-corrected chi connectivity index (χ0v) is 52.5. The van der Waals surface area contributed by atoms with Crippen LogP contribution in [-0.4, -0.2) is 37.2 Å². The quantitative estimate of drug-likeness (QED) is 0.0261. The van der Waals surface area contributed by atoms with Crippen LogP contribution in [0, 0.1) is 0 Å². The third kappa shape index (κ3) is 64.2. The maximum atomic E-state index is 12.9. The van der Waals surface area contributed by atoms with Crippen LogP contribution in [0.15, 0.2) is 48.6 Å². The van der Waals surface area contributed by atoms with Crippen LogP contribution >= 0.6 is 0 Å². The topological polar surface area (TPSA) is 78.9 Å². The van der Waals surface area contributed by atoms with Gasteiger partial charge in [-0.3, -0.25) is 14.4 Å². The Morgan fingerprint density at radius 3 is 0.782 bits per heavy atom. The lowest BCUT2D eigenvalue weighted by Gasteiger charge is -2.18. The van der Waals surface area contributed by atoms with Crippen molar-refractivity contribution in [2.24, 2.45) is 0 Å². The van der Waals surface area contributed by atoms with E-state index in [0.29, 0.717) is 19.3 Å². The second-order valence-electron chi connectivity index (χ2n) is 23.4. The average Bonchev–Trinajstić information content (AvgIpc) is 3.44. The third-order valence-electron chi connectivity index (χ3n) is 15.6. The van der Waals surface area contributed by atoms with Gasteiger partial charge in [-0.2, -0.15) is 0 Å². The minimum Gasteiger partial charge on any atom is -0.462 e. The van der Waals surface area contributed by atoms with E-state index in [1.54, 1.807) is 0 Å². The van der Waals surface area contributed by atoms with Crippen LogP contribution in [0.5, 0.6) is 0 Å². The Morgan fingerprint density at radius 1 is 0.269 bits per heavy atom. The number of carbonyl (C=O) groups is 3. The van der Waals surface area contributed by atoms with Crippen molar-refractivity contribution in [1.82, 2.24) is 0 Å². The summed E-state index contributed by atoms with van der Waals surface area (Å²) in [6.07, 6.45) is 84.2. The summed E-state index contributed by atoms with van der Waals surface area (Å²) in [7, 11) is 0. The Kier molecular flexibility index (Phi) is 64.6. The fourth-order valence-electron chi connectivity index (χ4n) is 10.4. The van der Waals surface area contributed by atoms with Crippen LogP contribution in [0.3, 0.4) is 0 Å². The van der Waals surface area contributed by atoms with Gasteiger partial charge in [0.2, 0.25) is 0 Å². The van der Waals surface area contributed by atoms with Crippen LogP contribution in [0.4, 0.5) is 0 Å². The van der Waals surface area contributed by atoms with E-state index in [0.717, 1.165) is 83.5 Å². The largest absolute Gasteiger partial charge is 0.462 e. The molecular weight excluding hydrogens is 961 g/mol. The lowest BCUT2D eigenvalue weighted by atomic mass is 10.0. The molecule has 0 spiro atoms. The molecule has 0 aromatic rings. The van der Waals surface area contributed by atoms with Crippen LogP contribution in [0.1, 0.15) is 374 Å². The van der Waals surface area contributed by atoms with Crippen molar-refractivity contribution < 1.29 is 28.6 Å². The highest BCUT2D eigenvalue weighted by atomic mass is 16.6. The fourth-order valence-corrected chi connectivity index (χ4v) is 10.4. The number of rotatable bonds is 64. The van der Waals surface area contributed by atoms with Gasteiger partial charge in [0.15, 0.2) is 6.10 Å². The van der Waals surface area contributed by atoms with Crippen molar-refractivity contribution in [2.75, 3.05) is 13.2 Å². The van der Waals surface area contributed by atoms with Gasteiger partial charge in [0.1, 0.15) is 13.2 Å². The lowest BCUT2D eigenvalue weighted by molar-refractivity contribution is -0.167. The van der Waals surface area contributed by atoms with Crippen LogP contribution < -0.4 is 0 Å². The van der Waals surface area contributed by atoms with E-state index in [-0.39, 0.29) is 31.1 Å². The normalized spacial score (nSPS) is 12.3. The van der Waals surface area contributed by atoms with E-state index < -0.39 is 6.10 Å². The molecular formula is C72H132O6. The summed E-state index contributed by atoms with van der Waals surface area (Å²) in [6.45, 7) is 6.60. The standard InChI is InChI=1S/C72H132O6/c1-4-7-10-13-16-19-22-25-28-30-32-33-34-35-36-37-38-39-40-42-44-47-50-53-56-59-62-65-71(74)77-68-69(67-76-70(73)64-61-58-55-52-49-46-43-27-24-21-18-15-12-9-6-3)78-72(75)66-63-60-57-54-51-48-45-41-31-29-26-23-20-17-14-11-8-5-2/h7,10,16,19,25,28,32-33,69H,4-6,8-9,11-15,17-18,20-24,26-27,29-31,34-68H2,1-3H3/b10-7-,19-16-,28-25-,33-32-. The Labute approximate surface area is 486 Å². The first-order valence-electron chi connectivity index (χ1n) is 34.6. The van der Waals surface area contributed by atoms with Crippen molar-refractivity contribution in [3.63, 3.8) is 0 Å². The molecule has 0 radical (unpaired) electrons. The minimum absolute atomic E-state index is 0.0660. The predicted molar refractivity (Wildman–Crippen MR) is 339 cm³/mol. The second kappa shape index (κ2) is 66.9. The van der Waals surface area contributed by atoms with Crippen molar-refractivity contribution in [1.29, 1.82) is 0 Å². The minimum atomic E-state index is -0.769. The summed E-state index contributed by atoms with van der Waals surface area (Å²) in [4.78, 5) is 38.4. The molecule has 1 unspecified atom stereocenters. The number of allylic oxidation sites excluding steroid dienone is 8. The van der Waals surface area contributed by atoms with Crippen LogP contribution in [0.2, 0.25) is 0 Å². The number of unbranched alkanes of at least 4 members (excludes halogenated alkanes) is 45. The molecule has 1 atom stereocenters. The van der Waals surface area contributed by atoms with E-state index in [1.807, 2.05) is 0 Å². The van der Waals surface area contributed by atoms with E-state index in [2.05, 4.69) is 69.4 Å². The molecule has 0 aliphatic carbocycles. The molecule has 456 valence electrons. The number of ether oxygens (including phenoxy) is 3. The lowest BCUT2D eigenvalue weighted by Crippen LogP contribution is -2.30. The number of esters is 3. The number of hydrogen-bond acceptors (Lipinski definition) is 6. The fraction of sp³-hybridized carbons (Fsp3) is 0.847. The summed E-state index contributed by atoms with van der Waals surface area (Å²) in [6, 6.07) is 0. The Bertz CT molecular complexity index is 1350. The van der Waals surface area contributed by atoms with Gasteiger partial charge in [-0.25, -0.2) is 0 Å². The summed E-state index contributed by atoms with van der Waals surface area (Å²) in [5.41, 5.74) is 0. The summed E-state index contributed by atoms with van der Waals surface area (Å²) < 4.78 is 17.0. The van der Waals surface area contributed by atoms with Gasteiger partial charge < -0.3 is 14.2 Å². The molecule has 0 aliphatic rings.